The average Bonchev–Trinajstić information content (AvgIpc) is 2.26. The third kappa shape index (κ3) is 3.73. The fourth-order valence-electron chi connectivity index (χ4n) is 2.05. The van der Waals surface area contributed by atoms with Crippen molar-refractivity contribution in [3.8, 4) is 6.07 Å². The molecule has 0 aliphatic carbocycles. The molecule has 3 nitrogen and oxygen atoms in total. The molecule has 0 bridgehead atoms. The molecule has 0 aromatic carbocycles. The normalized spacial score (nSPS) is 10.8. The van der Waals surface area contributed by atoms with Gasteiger partial charge in [-0.25, -0.2) is 4.98 Å². The maximum atomic E-state index is 9.30. The Labute approximate surface area is 110 Å². The Morgan fingerprint density at radius 2 is 1.78 bits per heavy atom. The van der Waals surface area contributed by atoms with Crippen LogP contribution in [0.1, 0.15) is 38.8 Å². The molecule has 0 amide bonds. The van der Waals surface area contributed by atoms with Crippen LogP contribution in [0.5, 0.6) is 0 Å². The van der Waals surface area contributed by atoms with E-state index in [-0.39, 0.29) is 0 Å². The summed E-state index contributed by atoms with van der Waals surface area (Å²) in [6.45, 7) is 12.6. The predicted octanol–water partition coefficient (Wildman–Crippen LogP) is 3.38. The van der Waals surface area contributed by atoms with Crippen molar-refractivity contribution >= 4 is 5.82 Å². The van der Waals surface area contributed by atoms with Crippen LogP contribution in [0.15, 0.2) is 12.3 Å². The van der Waals surface area contributed by atoms with Crippen molar-refractivity contribution in [1.82, 2.24) is 4.98 Å². The van der Waals surface area contributed by atoms with Gasteiger partial charge < -0.3 is 4.90 Å². The molecule has 0 aliphatic rings. The molecule has 0 spiro atoms. The van der Waals surface area contributed by atoms with Crippen LogP contribution in [0.3, 0.4) is 0 Å². The van der Waals surface area contributed by atoms with E-state index in [1.165, 1.54) is 0 Å². The smallest absolute Gasteiger partial charge is 0.146 e. The highest BCUT2D eigenvalue weighted by Crippen LogP contribution is 2.22. The molecular formula is C15H23N3. The number of nitriles is 1. The molecule has 1 aromatic heterocycles. The Bertz CT molecular complexity index is 420. The van der Waals surface area contributed by atoms with Crippen LogP contribution in [0, 0.1) is 30.1 Å². The van der Waals surface area contributed by atoms with Gasteiger partial charge in [0.2, 0.25) is 0 Å². The van der Waals surface area contributed by atoms with Gasteiger partial charge in [-0.1, -0.05) is 27.7 Å². The number of anilines is 1. The minimum Gasteiger partial charge on any atom is -0.355 e. The zero-order valence-electron chi connectivity index (χ0n) is 12.1. The van der Waals surface area contributed by atoms with E-state index in [2.05, 4.69) is 43.6 Å². The molecule has 3 heteroatoms. The number of aryl methyl sites for hydroxylation is 1. The maximum Gasteiger partial charge on any atom is 0.146 e. The van der Waals surface area contributed by atoms with Crippen LogP contribution in [0.25, 0.3) is 0 Å². The molecule has 98 valence electrons. The third-order valence-corrected chi connectivity index (χ3v) is 2.72. The van der Waals surface area contributed by atoms with Gasteiger partial charge in [-0.2, -0.15) is 5.26 Å². The Morgan fingerprint density at radius 1 is 1.22 bits per heavy atom. The summed E-state index contributed by atoms with van der Waals surface area (Å²) in [4.78, 5) is 6.66. The molecule has 0 aliphatic heterocycles. The maximum absolute atomic E-state index is 9.30. The summed E-state index contributed by atoms with van der Waals surface area (Å²) in [7, 11) is 0. The lowest BCUT2D eigenvalue weighted by Crippen LogP contribution is -2.32. The molecule has 0 N–H and O–H groups in total. The first-order valence-electron chi connectivity index (χ1n) is 6.56. The van der Waals surface area contributed by atoms with Gasteiger partial charge in [-0.3, -0.25) is 0 Å². The first kappa shape index (κ1) is 14.5. The van der Waals surface area contributed by atoms with Crippen molar-refractivity contribution in [2.75, 3.05) is 18.0 Å². The number of hydrogen-bond acceptors (Lipinski definition) is 3. The number of aromatic nitrogens is 1. The summed E-state index contributed by atoms with van der Waals surface area (Å²) in [6, 6.07) is 4.18. The molecule has 18 heavy (non-hydrogen) atoms. The van der Waals surface area contributed by atoms with E-state index in [9.17, 15) is 5.26 Å². The second-order valence-electron chi connectivity index (χ2n) is 5.63. The number of rotatable bonds is 5. The van der Waals surface area contributed by atoms with Crippen LogP contribution in [0.4, 0.5) is 5.82 Å². The quantitative estimate of drug-likeness (QED) is 0.798. The van der Waals surface area contributed by atoms with Crippen molar-refractivity contribution < 1.29 is 0 Å². The molecule has 1 aromatic rings. The zero-order chi connectivity index (χ0) is 13.7. The van der Waals surface area contributed by atoms with Crippen molar-refractivity contribution in [3.63, 3.8) is 0 Å². The van der Waals surface area contributed by atoms with E-state index in [4.69, 9.17) is 0 Å². The monoisotopic (exact) mass is 245 g/mol. The van der Waals surface area contributed by atoms with Crippen LogP contribution in [-0.2, 0) is 0 Å². The van der Waals surface area contributed by atoms with Crippen LogP contribution in [0.2, 0.25) is 0 Å². The van der Waals surface area contributed by atoms with Crippen LogP contribution >= 0.6 is 0 Å². The average molecular weight is 245 g/mol. The van der Waals surface area contributed by atoms with Crippen molar-refractivity contribution in [2.45, 2.75) is 34.6 Å². The van der Waals surface area contributed by atoms with Crippen molar-refractivity contribution in [1.29, 1.82) is 5.26 Å². The highest BCUT2D eigenvalue weighted by Gasteiger charge is 2.16. The van der Waals surface area contributed by atoms with Gasteiger partial charge in [0.25, 0.3) is 0 Å². The lowest BCUT2D eigenvalue weighted by Gasteiger charge is -2.28. The Kier molecular flexibility index (Phi) is 5.15. The fraction of sp³-hybridized carbons (Fsp3) is 0.600. The summed E-state index contributed by atoms with van der Waals surface area (Å²) in [5.41, 5.74) is 1.71. The summed E-state index contributed by atoms with van der Waals surface area (Å²) < 4.78 is 0. The van der Waals surface area contributed by atoms with Gasteiger partial charge in [0.15, 0.2) is 0 Å². The van der Waals surface area contributed by atoms with Gasteiger partial charge in [-0.05, 0) is 30.4 Å². The molecule has 0 unspecified atom stereocenters. The first-order valence-corrected chi connectivity index (χ1v) is 6.56. The molecule has 1 rings (SSSR count). The third-order valence-electron chi connectivity index (χ3n) is 2.72. The van der Waals surface area contributed by atoms with Gasteiger partial charge in [0.05, 0.1) is 5.56 Å². The van der Waals surface area contributed by atoms with E-state index in [0.717, 1.165) is 24.5 Å². The number of hydrogen-bond donors (Lipinski definition) is 0. The predicted molar refractivity (Wildman–Crippen MR) is 75.6 cm³/mol. The summed E-state index contributed by atoms with van der Waals surface area (Å²) >= 11 is 0. The minimum absolute atomic E-state index is 0.553. The van der Waals surface area contributed by atoms with E-state index < -0.39 is 0 Å². The topological polar surface area (TPSA) is 39.9 Å². The Morgan fingerprint density at radius 3 is 2.22 bits per heavy atom. The van der Waals surface area contributed by atoms with Crippen LogP contribution in [-0.4, -0.2) is 18.1 Å². The first-order chi connectivity index (χ1) is 8.45. The summed E-state index contributed by atoms with van der Waals surface area (Å²) in [6.07, 6.45) is 1.79. The van der Waals surface area contributed by atoms with E-state index in [1.807, 2.05) is 13.0 Å². The van der Waals surface area contributed by atoms with E-state index in [1.54, 1.807) is 6.20 Å². The van der Waals surface area contributed by atoms with E-state index in [0.29, 0.717) is 17.4 Å². The lowest BCUT2D eigenvalue weighted by atomic mass is 10.1. The van der Waals surface area contributed by atoms with Crippen LogP contribution < -0.4 is 4.90 Å². The van der Waals surface area contributed by atoms with Gasteiger partial charge in [0.1, 0.15) is 11.9 Å². The minimum atomic E-state index is 0.553. The van der Waals surface area contributed by atoms with Crippen molar-refractivity contribution in [3.05, 3.63) is 23.4 Å². The van der Waals surface area contributed by atoms with Crippen molar-refractivity contribution in [2.24, 2.45) is 11.8 Å². The molecule has 0 saturated carbocycles. The second-order valence-corrected chi connectivity index (χ2v) is 5.63. The SMILES string of the molecule is Cc1ccnc(N(CC(C)C)CC(C)C)c1C#N. The number of pyridine rings is 1. The van der Waals surface area contributed by atoms with Gasteiger partial charge in [-0.15, -0.1) is 0 Å². The largest absolute Gasteiger partial charge is 0.355 e. The molecule has 1 heterocycles. The molecule has 0 atom stereocenters. The Balaban J connectivity index is 3.12. The molecule has 0 saturated heterocycles. The van der Waals surface area contributed by atoms with Gasteiger partial charge >= 0.3 is 0 Å². The number of nitrogens with zero attached hydrogens (tertiary/aromatic N) is 3. The molecule has 0 fully saturated rings. The highest BCUT2D eigenvalue weighted by molar-refractivity contribution is 5.57. The Hall–Kier alpha value is -1.56. The summed E-state index contributed by atoms with van der Waals surface area (Å²) in [5.74, 6) is 1.94. The van der Waals surface area contributed by atoms with Gasteiger partial charge in [0, 0.05) is 19.3 Å². The highest BCUT2D eigenvalue weighted by atomic mass is 15.2. The zero-order valence-corrected chi connectivity index (χ0v) is 12.1. The fourth-order valence-corrected chi connectivity index (χ4v) is 2.05. The molecule has 0 radical (unpaired) electrons. The molecular weight excluding hydrogens is 222 g/mol. The summed E-state index contributed by atoms with van der Waals surface area (Å²) in [5, 5.41) is 9.30. The second kappa shape index (κ2) is 6.39. The standard InChI is InChI=1S/C15H23N3/c1-11(2)9-18(10-12(3)4)15-14(8-16)13(5)6-7-17-15/h6-7,11-12H,9-10H2,1-5H3. The lowest BCUT2D eigenvalue weighted by molar-refractivity contribution is 0.548. The van der Waals surface area contributed by atoms with E-state index >= 15 is 0 Å².